The number of fused-ring (bicyclic) bond motifs is 4. The van der Waals surface area contributed by atoms with Crippen molar-refractivity contribution in [3.05, 3.63) is 82.6 Å². The molecule has 0 fully saturated rings. The summed E-state index contributed by atoms with van der Waals surface area (Å²) in [6.45, 7) is 8.47. The molecule has 0 atom stereocenters. The van der Waals surface area contributed by atoms with Gasteiger partial charge in [0.15, 0.2) is 5.78 Å². The topological polar surface area (TPSA) is 58.6 Å². The number of nitrogens with one attached hydrogen (secondary N) is 1. The Labute approximate surface area is 163 Å². The summed E-state index contributed by atoms with van der Waals surface area (Å²) < 4.78 is 0. The summed E-state index contributed by atoms with van der Waals surface area (Å²) in [5, 5.41) is 1.00. The van der Waals surface area contributed by atoms with E-state index in [1.807, 2.05) is 25.4 Å². The molecule has 1 aliphatic carbocycles. The van der Waals surface area contributed by atoms with Gasteiger partial charge in [-0.1, -0.05) is 26.0 Å². The molecule has 138 valence electrons. The Morgan fingerprint density at radius 2 is 1.71 bits per heavy atom. The maximum absolute atomic E-state index is 13.5. The zero-order valence-corrected chi connectivity index (χ0v) is 16.4. The van der Waals surface area contributed by atoms with E-state index >= 15 is 0 Å². The van der Waals surface area contributed by atoms with Crippen molar-refractivity contribution in [2.45, 2.75) is 33.1 Å². The number of aromatic nitrogens is 3. The Balaban J connectivity index is 1.80. The number of carbonyl (C=O) groups excluding carboxylic acids is 1. The van der Waals surface area contributed by atoms with Crippen molar-refractivity contribution in [1.82, 2.24) is 15.0 Å². The van der Waals surface area contributed by atoms with Crippen molar-refractivity contribution in [3.8, 4) is 11.1 Å². The van der Waals surface area contributed by atoms with Crippen LogP contribution in [-0.4, -0.2) is 20.7 Å². The lowest BCUT2D eigenvalue weighted by molar-refractivity contribution is 0.103. The lowest BCUT2D eigenvalue weighted by atomic mass is 9.70. The van der Waals surface area contributed by atoms with Crippen molar-refractivity contribution < 1.29 is 4.79 Å². The fourth-order valence-corrected chi connectivity index (χ4v) is 4.45. The minimum absolute atomic E-state index is 0.0957. The molecule has 0 saturated heterocycles. The van der Waals surface area contributed by atoms with Gasteiger partial charge >= 0.3 is 0 Å². The highest BCUT2D eigenvalue weighted by Gasteiger charge is 2.40. The maximum atomic E-state index is 13.5. The number of aromatic amines is 1. The van der Waals surface area contributed by atoms with Crippen LogP contribution in [-0.2, 0) is 5.41 Å². The summed E-state index contributed by atoms with van der Waals surface area (Å²) in [6.07, 6.45) is 5.16. The van der Waals surface area contributed by atoms with Crippen LogP contribution in [0.1, 0.15) is 52.2 Å². The van der Waals surface area contributed by atoms with E-state index in [0.29, 0.717) is 0 Å². The Morgan fingerprint density at radius 3 is 2.46 bits per heavy atom. The lowest BCUT2D eigenvalue weighted by Gasteiger charge is -2.33. The van der Waals surface area contributed by atoms with E-state index in [0.717, 1.165) is 50.0 Å². The zero-order valence-electron chi connectivity index (χ0n) is 16.4. The number of rotatable bonds is 1. The molecule has 0 aliphatic heterocycles. The van der Waals surface area contributed by atoms with Gasteiger partial charge in [0.05, 0.1) is 5.56 Å². The number of hydrogen-bond acceptors (Lipinski definition) is 3. The van der Waals surface area contributed by atoms with Crippen molar-refractivity contribution >= 4 is 16.7 Å². The quantitative estimate of drug-likeness (QED) is 0.508. The molecule has 1 N–H and O–H groups in total. The first-order chi connectivity index (χ1) is 13.4. The normalized spacial score (nSPS) is 14.8. The van der Waals surface area contributed by atoms with Gasteiger partial charge < -0.3 is 4.98 Å². The van der Waals surface area contributed by atoms with E-state index in [1.54, 1.807) is 0 Å². The van der Waals surface area contributed by atoms with Crippen molar-refractivity contribution in [3.63, 3.8) is 0 Å². The van der Waals surface area contributed by atoms with Gasteiger partial charge in [-0.05, 0) is 54.3 Å². The van der Waals surface area contributed by atoms with Crippen molar-refractivity contribution in [1.29, 1.82) is 0 Å². The number of ketones is 1. The summed E-state index contributed by atoms with van der Waals surface area (Å²) in [7, 11) is 0. The third-order valence-electron chi connectivity index (χ3n) is 5.96. The summed E-state index contributed by atoms with van der Waals surface area (Å²) >= 11 is 0. The Hall–Kier alpha value is -3.27. The maximum Gasteiger partial charge on any atom is 0.195 e. The summed E-state index contributed by atoms with van der Waals surface area (Å²) in [4.78, 5) is 25.4. The van der Waals surface area contributed by atoms with Crippen molar-refractivity contribution in [2.24, 2.45) is 0 Å². The Bertz CT molecular complexity index is 1270. The molecular weight excluding hydrogens is 346 g/mol. The van der Waals surface area contributed by atoms with Gasteiger partial charge in [0.25, 0.3) is 0 Å². The zero-order chi connectivity index (χ0) is 19.6. The molecular formula is C24H21N3O. The molecule has 0 saturated carbocycles. The first-order valence-corrected chi connectivity index (χ1v) is 9.46. The minimum Gasteiger partial charge on any atom is -0.357 e. The standard InChI is InChI=1S/C24H21N3O/c1-13-5-6-16-20(7-13)27-23-21(16)22(28)18-8-14(2)17(9-19(18)24(23,3)4)15-10-25-12-26-11-15/h5-12,27H,1-4H3. The second-order valence-corrected chi connectivity index (χ2v) is 8.22. The lowest BCUT2D eigenvalue weighted by Crippen LogP contribution is -2.30. The molecule has 4 aromatic rings. The predicted molar refractivity (Wildman–Crippen MR) is 111 cm³/mol. The highest BCUT2D eigenvalue weighted by Crippen LogP contribution is 2.45. The van der Waals surface area contributed by atoms with Gasteiger partial charge in [-0.15, -0.1) is 0 Å². The van der Waals surface area contributed by atoms with Crippen LogP contribution in [0, 0.1) is 13.8 Å². The molecule has 1 aliphatic rings. The Morgan fingerprint density at radius 1 is 0.964 bits per heavy atom. The highest BCUT2D eigenvalue weighted by atomic mass is 16.1. The van der Waals surface area contributed by atoms with E-state index in [1.165, 1.54) is 11.9 Å². The van der Waals surface area contributed by atoms with E-state index in [4.69, 9.17) is 0 Å². The highest BCUT2D eigenvalue weighted by molar-refractivity contribution is 6.20. The predicted octanol–water partition coefficient (Wildman–Crippen LogP) is 5.11. The SMILES string of the molecule is Cc1ccc2c3c([nH]c2c1)C(C)(C)c1cc(-c2cncnc2)c(C)cc1C3=O. The number of benzene rings is 2. The van der Waals surface area contributed by atoms with Crippen LogP contribution in [0.3, 0.4) is 0 Å². The van der Waals surface area contributed by atoms with Crippen LogP contribution in [0.5, 0.6) is 0 Å². The molecule has 5 rings (SSSR count). The smallest absolute Gasteiger partial charge is 0.195 e. The largest absolute Gasteiger partial charge is 0.357 e. The molecule has 0 spiro atoms. The Kier molecular flexibility index (Phi) is 3.38. The van der Waals surface area contributed by atoms with Crippen LogP contribution in [0.15, 0.2) is 49.1 Å². The molecule has 28 heavy (non-hydrogen) atoms. The molecule has 4 nitrogen and oxygen atoms in total. The molecule has 2 heterocycles. The van der Waals surface area contributed by atoms with Gasteiger partial charge in [-0.2, -0.15) is 0 Å². The van der Waals surface area contributed by atoms with Gasteiger partial charge in [0.1, 0.15) is 6.33 Å². The van der Waals surface area contributed by atoms with E-state index in [2.05, 4.69) is 60.0 Å². The van der Waals surface area contributed by atoms with Gasteiger partial charge in [-0.3, -0.25) is 4.79 Å². The number of H-pyrrole nitrogens is 1. The number of aryl methyl sites for hydroxylation is 2. The molecule has 0 unspecified atom stereocenters. The molecule has 2 aromatic carbocycles. The van der Waals surface area contributed by atoms with Crippen LogP contribution in [0.25, 0.3) is 22.0 Å². The van der Waals surface area contributed by atoms with Crippen LogP contribution in [0.4, 0.5) is 0 Å². The fourth-order valence-electron chi connectivity index (χ4n) is 4.45. The molecule has 0 bridgehead atoms. The summed E-state index contributed by atoms with van der Waals surface area (Å²) in [6, 6.07) is 10.4. The summed E-state index contributed by atoms with van der Waals surface area (Å²) in [5.41, 5.74) is 8.59. The number of carbonyl (C=O) groups is 1. The van der Waals surface area contributed by atoms with Gasteiger partial charge in [0, 0.05) is 45.5 Å². The van der Waals surface area contributed by atoms with Gasteiger partial charge in [-0.25, -0.2) is 9.97 Å². The van der Waals surface area contributed by atoms with Gasteiger partial charge in [0.2, 0.25) is 0 Å². The van der Waals surface area contributed by atoms with E-state index in [9.17, 15) is 4.79 Å². The third-order valence-corrected chi connectivity index (χ3v) is 5.96. The first kappa shape index (κ1) is 16.9. The van der Waals surface area contributed by atoms with E-state index in [-0.39, 0.29) is 11.2 Å². The molecule has 4 heteroatoms. The molecule has 0 amide bonds. The third kappa shape index (κ3) is 2.21. The van der Waals surface area contributed by atoms with Crippen LogP contribution in [0.2, 0.25) is 0 Å². The molecule has 2 aromatic heterocycles. The monoisotopic (exact) mass is 367 g/mol. The second kappa shape index (κ2) is 5.61. The van der Waals surface area contributed by atoms with E-state index < -0.39 is 0 Å². The fraction of sp³-hybridized carbons (Fsp3) is 0.208. The first-order valence-electron chi connectivity index (χ1n) is 9.46. The molecule has 0 radical (unpaired) electrons. The average Bonchev–Trinajstić information content (AvgIpc) is 3.06. The number of nitrogens with zero attached hydrogens (tertiary/aromatic N) is 2. The van der Waals surface area contributed by atoms with Crippen LogP contribution >= 0.6 is 0 Å². The number of hydrogen-bond donors (Lipinski definition) is 1. The van der Waals surface area contributed by atoms with Crippen molar-refractivity contribution in [2.75, 3.05) is 0 Å². The second-order valence-electron chi connectivity index (χ2n) is 8.22. The summed E-state index contributed by atoms with van der Waals surface area (Å²) in [5.74, 6) is 0.0957. The minimum atomic E-state index is -0.316. The van der Waals surface area contributed by atoms with Crippen LogP contribution < -0.4 is 0 Å². The average molecular weight is 367 g/mol.